The molecule has 0 unspecified atom stereocenters. The third kappa shape index (κ3) is 6.38. The maximum Gasteiger partial charge on any atom is 0.0635 e. The summed E-state index contributed by atoms with van der Waals surface area (Å²) >= 11 is 0. The van der Waals surface area contributed by atoms with E-state index < -0.39 is 0 Å². The highest BCUT2D eigenvalue weighted by atomic mass is 16.5. The Kier molecular flexibility index (Phi) is 8.81. The maximum atomic E-state index is 8.76. The van der Waals surface area contributed by atoms with Crippen LogP contribution >= 0.6 is 0 Å². The molecule has 0 aromatic heterocycles. The van der Waals surface area contributed by atoms with E-state index in [0.717, 1.165) is 26.2 Å². The number of methoxy groups -OCH3 is 1. The average molecular weight is 267 g/mol. The Labute approximate surface area is 118 Å². The fourth-order valence-corrected chi connectivity index (χ4v) is 2.87. The molecule has 0 spiro atoms. The SMILES string of the molecule is CCCNC1CCC(N(CCC#N)CCOC)CC1. The van der Waals surface area contributed by atoms with Gasteiger partial charge >= 0.3 is 0 Å². The van der Waals surface area contributed by atoms with Crippen LogP contribution in [0.2, 0.25) is 0 Å². The van der Waals surface area contributed by atoms with Crippen LogP contribution in [0.3, 0.4) is 0 Å². The lowest BCUT2D eigenvalue weighted by molar-refractivity contribution is 0.0983. The lowest BCUT2D eigenvalue weighted by atomic mass is 9.90. The largest absolute Gasteiger partial charge is 0.383 e. The highest BCUT2D eigenvalue weighted by Crippen LogP contribution is 2.23. The van der Waals surface area contributed by atoms with Crippen molar-refractivity contribution in [1.29, 1.82) is 5.26 Å². The first kappa shape index (κ1) is 16.4. The van der Waals surface area contributed by atoms with E-state index in [4.69, 9.17) is 10.00 Å². The first-order valence-electron chi connectivity index (χ1n) is 7.65. The first-order chi connectivity index (χ1) is 9.31. The van der Waals surface area contributed by atoms with E-state index in [-0.39, 0.29) is 0 Å². The van der Waals surface area contributed by atoms with E-state index in [9.17, 15) is 0 Å². The Hall–Kier alpha value is -0.630. The van der Waals surface area contributed by atoms with E-state index in [2.05, 4.69) is 23.2 Å². The van der Waals surface area contributed by atoms with Crippen LogP contribution in [0.25, 0.3) is 0 Å². The van der Waals surface area contributed by atoms with E-state index in [1.54, 1.807) is 7.11 Å². The molecule has 1 aliphatic rings. The summed E-state index contributed by atoms with van der Waals surface area (Å²) in [6.45, 7) is 5.96. The van der Waals surface area contributed by atoms with Crippen molar-refractivity contribution in [3.05, 3.63) is 0 Å². The van der Waals surface area contributed by atoms with E-state index in [0.29, 0.717) is 18.5 Å². The Bertz CT molecular complexity index is 257. The molecular formula is C15H29N3O. The second-order valence-corrected chi connectivity index (χ2v) is 5.40. The third-order valence-corrected chi connectivity index (χ3v) is 3.99. The van der Waals surface area contributed by atoms with Crippen LogP contribution in [0.5, 0.6) is 0 Å². The molecule has 0 amide bonds. The number of hydrogen-bond donors (Lipinski definition) is 1. The predicted molar refractivity (Wildman–Crippen MR) is 78.0 cm³/mol. The van der Waals surface area contributed by atoms with Gasteiger partial charge in [-0.2, -0.15) is 5.26 Å². The summed E-state index contributed by atoms with van der Waals surface area (Å²) in [5.74, 6) is 0. The predicted octanol–water partition coefficient (Wildman–Crippen LogP) is 2.16. The monoisotopic (exact) mass is 267 g/mol. The minimum Gasteiger partial charge on any atom is -0.383 e. The smallest absolute Gasteiger partial charge is 0.0635 e. The standard InChI is InChI=1S/C15H29N3O/c1-3-10-17-14-5-7-15(8-6-14)18(11-4-9-16)12-13-19-2/h14-15,17H,3-8,10-13H2,1-2H3. The normalized spacial score (nSPS) is 23.5. The Morgan fingerprint density at radius 2 is 2.00 bits per heavy atom. The average Bonchev–Trinajstić information content (AvgIpc) is 2.46. The summed E-state index contributed by atoms with van der Waals surface area (Å²) in [6, 6.07) is 3.60. The van der Waals surface area contributed by atoms with E-state index >= 15 is 0 Å². The van der Waals surface area contributed by atoms with Gasteiger partial charge in [-0.3, -0.25) is 4.90 Å². The summed E-state index contributed by atoms with van der Waals surface area (Å²) in [5, 5.41) is 12.4. The molecular weight excluding hydrogens is 238 g/mol. The van der Waals surface area contributed by atoms with Gasteiger partial charge in [0.25, 0.3) is 0 Å². The summed E-state index contributed by atoms with van der Waals surface area (Å²) in [6.07, 6.45) is 6.86. The second kappa shape index (κ2) is 10.2. The van der Waals surface area contributed by atoms with Crippen molar-refractivity contribution in [3.63, 3.8) is 0 Å². The molecule has 1 aliphatic carbocycles. The van der Waals surface area contributed by atoms with Gasteiger partial charge < -0.3 is 10.1 Å². The lowest BCUT2D eigenvalue weighted by Crippen LogP contribution is -2.44. The fraction of sp³-hybridized carbons (Fsp3) is 0.933. The zero-order valence-electron chi connectivity index (χ0n) is 12.5. The highest BCUT2D eigenvalue weighted by Gasteiger charge is 2.25. The summed E-state index contributed by atoms with van der Waals surface area (Å²) < 4.78 is 5.18. The van der Waals surface area contributed by atoms with Crippen LogP contribution < -0.4 is 5.32 Å². The lowest BCUT2D eigenvalue weighted by Gasteiger charge is -2.36. The number of nitrogens with one attached hydrogen (secondary N) is 1. The van der Waals surface area contributed by atoms with Crippen LogP contribution in [-0.4, -0.2) is 50.3 Å². The maximum absolute atomic E-state index is 8.76. The number of rotatable bonds is 9. The van der Waals surface area contributed by atoms with Crippen LogP contribution in [0.4, 0.5) is 0 Å². The van der Waals surface area contributed by atoms with Crippen molar-refractivity contribution in [2.75, 3.05) is 33.4 Å². The van der Waals surface area contributed by atoms with Crippen molar-refractivity contribution in [2.45, 2.75) is 57.5 Å². The zero-order valence-corrected chi connectivity index (χ0v) is 12.5. The van der Waals surface area contributed by atoms with Gasteiger partial charge in [0.1, 0.15) is 0 Å². The van der Waals surface area contributed by atoms with Crippen LogP contribution in [0.15, 0.2) is 0 Å². The van der Waals surface area contributed by atoms with Gasteiger partial charge in [0.15, 0.2) is 0 Å². The minimum absolute atomic E-state index is 0.623. The number of hydrogen-bond acceptors (Lipinski definition) is 4. The molecule has 19 heavy (non-hydrogen) atoms. The van der Waals surface area contributed by atoms with E-state index in [1.807, 2.05) is 0 Å². The molecule has 1 fully saturated rings. The summed E-state index contributed by atoms with van der Waals surface area (Å²) in [7, 11) is 1.74. The molecule has 0 atom stereocenters. The molecule has 0 heterocycles. The van der Waals surface area contributed by atoms with Gasteiger partial charge in [-0.15, -0.1) is 0 Å². The molecule has 110 valence electrons. The molecule has 0 bridgehead atoms. The molecule has 0 radical (unpaired) electrons. The van der Waals surface area contributed by atoms with Crippen molar-refractivity contribution in [3.8, 4) is 6.07 Å². The van der Waals surface area contributed by atoms with Gasteiger partial charge in [-0.05, 0) is 38.6 Å². The van der Waals surface area contributed by atoms with E-state index in [1.165, 1.54) is 32.1 Å². The van der Waals surface area contributed by atoms with Gasteiger partial charge in [0.2, 0.25) is 0 Å². The number of ether oxygens (including phenoxy) is 1. The summed E-state index contributed by atoms with van der Waals surface area (Å²) in [4.78, 5) is 2.45. The Balaban J connectivity index is 2.33. The second-order valence-electron chi connectivity index (χ2n) is 5.40. The van der Waals surface area contributed by atoms with Gasteiger partial charge in [-0.25, -0.2) is 0 Å². The Morgan fingerprint density at radius 1 is 1.26 bits per heavy atom. The Morgan fingerprint density at radius 3 is 2.58 bits per heavy atom. The molecule has 1 saturated carbocycles. The van der Waals surface area contributed by atoms with Crippen molar-refractivity contribution >= 4 is 0 Å². The molecule has 0 aliphatic heterocycles. The third-order valence-electron chi connectivity index (χ3n) is 3.99. The topological polar surface area (TPSA) is 48.3 Å². The molecule has 4 nitrogen and oxygen atoms in total. The van der Waals surface area contributed by atoms with Gasteiger partial charge in [-0.1, -0.05) is 6.92 Å². The highest BCUT2D eigenvalue weighted by molar-refractivity contribution is 4.84. The molecule has 4 heteroatoms. The van der Waals surface area contributed by atoms with Crippen LogP contribution in [0.1, 0.15) is 45.4 Å². The molecule has 1 N–H and O–H groups in total. The zero-order chi connectivity index (χ0) is 13.9. The van der Waals surface area contributed by atoms with Crippen LogP contribution in [-0.2, 0) is 4.74 Å². The molecule has 0 aromatic carbocycles. The molecule has 0 saturated heterocycles. The molecule has 0 aromatic rings. The van der Waals surface area contributed by atoms with Crippen molar-refractivity contribution < 1.29 is 4.74 Å². The van der Waals surface area contributed by atoms with Crippen LogP contribution in [0, 0.1) is 11.3 Å². The quantitative estimate of drug-likeness (QED) is 0.695. The van der Waals surface area contributed by atoms with Gasteiger partial charge in [0, 0.05) is 38.7 Å². The van der Waals surface area contributed by atoms with Crippen molar-refractivity contribution in [2.24, 2.45) is 0 Å². The number of nitrogens with zero attached hydrogens (tertiary/aromatic N) is 2. The van der Waals surface area contributed by atoms with Crippen molar-refractivity contribution in [1.82, 2.24) is 10.2 Å². The number of nitriles is 1. The van der Waals surface area contributed by atoms with Gasteiger partial charge in [0.05, 0.1) is 12.7 Å². The molecule has 1 rings (SSSR count). The first-order valence-corrected chi connectivity index (χ1v) is 7.65. The summed E-state index contributed by atoms with van der Waals surface area (Å²) in [5.41, 5.74) is 0. The minimum atomic E-state index is 0.623. The fourth-order valence-electron chi connectivity index (χ4n) is 2.87.